The molecule has 0 saturated heterocycles. The normalized spacial score (nSPS) is 24.4. The fourth-order valence-electron chi connectivity index (χ4n) is 3.91. The van der Waals surface area contributed by atoms with Crippen molar-refractivity contribution in [3.63, 3.8) is 0 Å². The third-order valence-corrected chi connectivity index (χ3v) is 11.3. The number of nitrogens with one attached hydrogen (secondary N) is 1. The van der Waals surface area contributed by atoms with E-state index in [0.29, 0.717) is 38.0 Å². The first-order chi connectivity index (χ1) is 14.3. The van der Waals surface area contributed by atoms with Gasteiger partial charge in [0.25, 0.3) is 5.91 Å². The van der Waals surface area contributed by atoms with E-state index in [2.05, 4.69) is 44.2 Å². The molecule has 1 saturated carbocycles. The molecule has 172 valence electrons. The second-order valence-electron chi connectivity index (χ2n) is 10.0. The van der Waals surface area contributed by atoms with Gasteiger partial charge >= 0.3 is 6.09 Å². The molecule has 0 unspecified atom stereocenters. The van der Waals surface area contributed by atoms with Gasteiger partial charge in [-0.15, -0.1) is 0 Å². The summed E-state index contributed by atoms with van der Waals surface area (Å²) in [6.45, 7) is 10.9. The lowest BCUT2D eigenvalue weighted by atomic mass is 9.79. The molecule has 1 aliphatic carbocycles. The monoisotopic (exact) mass is 453 g/mol. The number of ether oxygens (including phenoxy) is 1. The highest BCUT2D eigenvalue weighted by Crippen LogP contribution is 2.41. The number of rotatable bonds is 5. The number of hydrogen-bond donors (Lipinski definition) is 2. The molecule has 1 aliphatic heterocycles. The molecule has 0 bridgehead atoms. The maximum Gasteiger partial charge on any atom is 0.405 e. The third-order valence-electron chi connectivity index (χ3n) is 6.82. The summed E-state index contributed by atoms with van der Waals surface area (Å²) < 4.78 is 25.5. The summed E-state index contributed by atoms with van der Waals surface area (Å²) in [4.78, 5) is 29.7. The summed E-state index contributed by atoms with van der Waals surface area (Å²) in [7, 11) is -2.06. The van der Waals surface area contributed by atoms with Crippen LogP contribution in [0.4, 0.5) is 14.9 Å². The zero-order valence-electron chi connectivity index (χ0n) is 18.8. The number of carbonyl (C=O) groups excluding carboxylic acids is 1. The zero-order chi connectivity index (χ0) is 23.0. The summed E-state index contributed by atoms with van der Waals surface area (Å²) in [5.41, 5.74) is -0.381. The number of halogens is 1. The maximum atomic E-state index is 13.8. The molecule has 10 heteroatoms. The Morgan fingerprint density at radius 3 is 2.65 bits per heavy atom. The van der Waals surface area contributed by atoms with Gasteiger partial charge in [-0.3, -0.25) is 4.79 Å². The van der Waals surface area contributed by atoms with Gasteiger partial charge in [0.15, 0.2) is 14.9 Å². The van der Waals surface area contributed by atoms with E-state index in [1.54, 1.807) is 4.90 Å². The average molecular weight is 454 g/mol. The van der Waals surface area contributed by atoms with E-state index in [-0.39, 0.29) is 29.5 Å². The first kappa shape index (κ1) is 23.5. The van der Waals surface area contributed by atoms with Gasteiger partial charge in [-0.2, -0.15) is 0 Å². The summed E-state index contributed by atoms with van der Waals surface area (Å²) in [5.74, 6) is -0.550. The van der Waals surface area contributed by atoms with Crippen molar-refractivity contribution in [3.8, 4) is 5.88 Å². The van der Waals surface area contributed by atoms with Gasteiger partial charge in [0.2, 0.25) is 5.88 Å². The van der Waals surface area contributed by atoms with Crippen LogP contribution in [-0.4, -0.2) is 55.2 Å². The van der Waals surface area contributed by atoms with Crippen LogP contribution in [0.25, 0.3) is 0 Å². The summed E-state index contributed by atoms with van der Waals surface area (Å²) in [6, 6.07) is 1.08. The molecule has 2 aliphatic rings. The Bertz CT molecular complexity index is 850. The first-order valence-electron chi connectivity index (χ1n) is 10.6. The van der Waals surface area contributed by atoms with E-state index in [1.165, 1.54) is 6.07 Å². The van der Waals surface area contributed by atoms with Crippen molar-refractivity contribution in [1.29, 1.82) is 0 Å². The molecule has 2 amide bonds. The molecule has 0 spiro atoms. The van der Waals surface area contributed by atoms with Gasteiger partial charge in [0, 0.05) is 12.1 Å². The fourth-order valence-corrected chi connectivity index (χ4v) is 4.98. The second-order valence-corrected chi connectivity index (χ2v) is 14.8. The highest BCUT2D eigenvalue weighted by Gasteiger charge is 2.44. The van der Waals surface area contributed by atoms with Crippen molar-refractivity contribution < 1.29 is 28.2 Å². The van der Waals surface area contributed by atoms with Gasteiger partial charge in [0.1, 0.15) is 11.5 Å². The quantitative estimate of drug-likeness (QED) is 0.656. The molecular weight excluding hydrogens is 421 g/mol. The van der Waals surface area contributed by atoms with Gasteiger partial charge in [-0.1, -0.05) is 20.8 Å². The van der Waals surface area contributed by atoms with Crippen LogP contribution in [0, 0.1) is 5.82 Å². The molecule has 2 N–H and O–H groups in total. The van der Waals surface area contributed by atoms with Crippen LogP contribution < -0.4 is 15.0 Å². The first-order valence-corrected chi connectivity index (χ1v) is 13.5. The molecule has 0 atom stereocenters. The lowest BCUT2D eigenvalue weighted by Gasteiger charge is -2.46. The summed E-state index contributed by atoms with van der Waals surface area (Å²) in [5, 5.41) is 12.2. The fraction of sp³-hybridized carbons (Fsp3) is 0.667. The third kappa shape index (κ3) is 5.00. The molecular formula is C21H32FN3O5Si. The maximum absolute atomic E-state index is 13.8. The van der Waals surface area contributed by atoms with Crippen LogP contribution in [0.2, 0.25) is 18.1 Å². The van der Waals surface area contributed by atoms with Crippen LogP contribution in [0.15, 0.2) is 12.3 Å². The Balaban J connectivity index is 1.77. The number of nitrogens with zero attached hydrogens (tertiary/aromatic N) is 2. The van der Waals surface area contributed by atoms with Crippen molar-refractivity contribution in [2.45, 2.75) is 76.2 Å². The Morgan fingerprint density at radius 2 is 2.06 bits per heavy atom. The van der Waals surface area contributed by atoms with Crippen LogP contribution in [-0.2, 0) is 9.22 Å². The Morgan fingerprint density at radius 1 is 1.42 bits per heavy atom. The minimum Gasteiger partial charge on any atom is -0.466 e. The van der Waals surface area contributed by atoms with Crippen molar-refractivity contribution in [1.82, 2.24) is 10.3 Å². The summed E-state index contributed by atoms with van der Waals surface area (Å²) >= 11 is 0. The van der Waals surface area contributed by atoms with Crippen molar-refractivity contribution in [2.75, 3.05) is 18.1 Å². The Kier molecular flexibility index (Phi) is 6.34. The van der Waals surface area contributed by atoms with Crippen LogP contribution >= 0.6 is 0 Å². The SMILES string of the molecule is CC(C)(C)[Si](C)(C)OCC1(NC(=O)O)CCC(N2C(=O)COc3ncc(F)cc32)CC1. The van der Waals surface area contributed by atoms with E-state index in [9.17, 15) is 19.1 Å². The number of hydrogen-bond acceptors (Lipinski definition) is 5. The van der Waals surface area contributed by atoms with Gasteiger partial charge in [0.05, 0.1) is 18.3 Å². The lowest BCUT2D eigenvalue weighted by Crippen LogP contribution is -2.59. The smallest absolute Gasteiger partial charge is 0.405 e. The second kappa shape index (κ2) is 8.38. The number of pyridine rings is 1. The molecule has 1 aromatic heterocycles. The molecule has 8 nitrogen and oxygen atoms in total. The molecule has 2 heterocycles. The van der Waals surface area contributed by atoms with Gasteiger partial charge in [-0.25, -0.2) is 14.2 Å². The molecule has 3 rings (SSSR count). The number of amides is 2. The highest BCUT2D eigenvalue weighted by molar-refractivity contribution is 6.74. The minimum absolute atomic E-state index is 0.00954. The van der Waals surface area contributed by atoms with E-state index in [1.807, 2.05) is 0 Å². The molecule has 1 aromatic rings. The van der Waals surface area contributed by atoms with Crippen LogP contribution in [0.1, 0.15) is 46.5 Å². The van der Waals surface area contributed by atoms with E-state index >= 15 is 0 Å². The van der Waals surface area contributed by atoms with Gasteiger partial charge < -0.3 is 24.5 Å². The number of fused-ring (bicyclic) bond motifs is 1. The molecule has 0 aromatic carbocycles. The van der Waals surface area contributed by atoms with Crippen LogP contribution in [0.3, 0.4) is 0 Å². The van der Waals surface area contributed by atoms with Crippen molar-refractivity contribution in [3.05, 3.63) is 18.1 Å². The standard InChI is InChI=1S/C21H32FN3O5Si/c1-20(2,3)31(4,5)30-13-21(24-19(27)28)8-6-15(7-9-21)25-16-10-14(22)11-23-18(16)29-12-17(25)26/h10-11,15,24H,6-9,12-13H2,1-5H3,(H,27,28). The number of anilines is 1. The number of carboxylic acid groups (broad SMARTS) is 1. The van der Waals surface area contributed by atoms with E-state index in [4.69, 9.17) is 9.16 Å². The number of carbonyl (C=O) groups is 2. The average Bonchev–Trinajstić information content (AvgIpc) is 2.66. The largest absolute Gasteiger partial charge is 0.466 e. The Labute approximate surface area is 183 Å². The molecule has 31 heavy (non-hydrogen) atoms. The van der Waals surface area contributed by atoms with Crippen LogP contribution in [0.5, 0.6) is 5.88 Å². The molecule has 0 radical (unpaired) electrons. The van der Waals surface area contributed by atoms with Gasteiger partial charge in [-0.05, 0) is 43.8 Å². The topological polar surface area (TPSA) is 101 Å². The minimum atomic E-state index is -2.06. The Hall–Kier alpha value is -2.20. The van der Waals surface area contributed by atoms with Crippen molar-refractivity contribution in [2.24, 2.45) is 0 Å². The predicted molar refractivity (Wildman–Crippen MR) is 116 cm³/mol. The number of aromatic nitrogens is 1. The lowest BCUT2D eigenvalue weighted by molar-refractivity contribution is -0.122. The van der Waals surface area contributed by atoms with E-state index in [0.717, 1.165) is 6.20 Å². The zero-order valence-corrected chi connectivity index (χ0v) is 19.8. The van der Waals surface area contributed by atoms with E-state index < -0.39 is 25.8 Å². The van der Waals surface area contributed by atoms with Crippen molar-refractivity contribution >= 4 is 26.0 Å². The highest BCUT2D eigenvalue weighted by atomic mass is 28.4. The predicted octanol–water partition coefficient (Wildman–Crippen LogP) is 3.92. The summed E-state index contributed by atoms with van der Waals surface area (Å²) in [6.07, 6.45) is 2.12. The molecule has 1 fully saturated rings.